The van der Waals surface area contributed by atoms with Gasteiger partial charge < -0.3 is 30.6 Å². The van der Waals surface area contributed by atoms with Crippen LogP contribution in [0.2, 0.25) is 0 Å². The van der Waals surface area contributed by atoms with Crippen molar-refractivity contribution in [1.82, 2.24) is 59.3 Å². The van der Waals surface area contributed by atoms with E-state index in [0.717, 1.165) is 0 Å². The van der Waals surface area contributed by atoms with Gasteiger partial charge in [0.15, 0.2) is 22.8 Å². The van der Waals surface area contributed by atoms with Gasteiger partial charge in [0, 0.05) is 135 Å². The maximum absolute atomic E-state index is 14.1. The number of nitrogens with zero attached hydrogens (tertiary/aromatic N) is 14. The first-order valence-corrected chi connectivity index (χ1v) is 22.8. The number of hydrogen-bond donors (Lipinski definition) is 4. The number of amides is 2. The van der Waals surface area contributed by atoms with E-state index in [4.69, 9.17) is 9.97 Å². The summed E-state index contributed by atoms with van der Waals surface area (Å²) in [6, 6.07) is 17.8. The number of nitrogens with one attached hydrogen (secondary N) is 2. The van der Waals surface area contributed by atoms with Gasteiger partial charge in [-0.05, 0) is 36.4 Å². The van der Waals surface area contributed by atoms with Crippen LogP contribution >= 0.6 is 22.7 Å². The quantitative estimate of drug-likeness (QED) is 0.128. The molecule has 0 saturated carbocycles. The summed E-state index contributed by atoms with van der Waals surface area (Å²) in [5.41, 5.74) is -1.71. The summed E-state index contributed by atoms with van der Waals surface area (Å²) in [6.45, 7) is 0.376. The van der Waals surface area contributed by atoms with Crippen LogP contribution in [0.3, 0.4) is 0 Å². The second-order valence-corrected chi connectivity index (χ2v) is 18.1. The molecule has 2 aromatic carbocycles. The van der Waals surface area contributed by atoms with Gasteiger partial charge in [0.25, 0.3) is 11.8 Å². The van der Waals surface area contributed by atoms with E-state index in [1.54, 1.807) is 122 Å². The first-order valence-electron chi connectivity index (χ1n) is 21.0. The summed E-state index contributed by atoms with van der Waals surface area (Å²) < 4.78 is 3.29. The average molecular weight is 943 g/mol. The topological polar surface area (TPSA) is 266 Å². The molecule has 0 aliphatic carbocycles. The first kappa shape index (κ1) is 43.6. The van der Waals surface area contributed by atoms with Crippen LogP contribution in [0.1, 0.15) is 35.1 Å². The van der Waals surface area contributed by atoms with E-state index < -0.39 is 23.0 Å². The Hall–Kier alpha value is -8.28. The molecule has 2 aliphatic rings. The molecule has 2 unspecified atom stereocenters. The molecule has 22 heteroatoms. The lowest BCUT2D eigenvalue weighted by Gasteiger charge is -2.30. The molecule has 4 N–H and O–H groups in total. The van der Waals surface area contributed by atoms with Crippen LogP contribution in [0.25, 0.3) is 55.0 Å². The van der Waals surface area contributed by atoms with Crippen LogP contribution in [0, 0.1) is 22.7 Å². The van der Waals surface area contributed by atoms with Crippen molar-refractivity contribution < 1.29 is 19.8 Å². The lowest BCUT2D eigenvalue weighted by atomic mass is 9.76. The molecule has 0 bridgehead atoms. The lowest BCUT2D eigenvalue weighted by Crippen LogP contribution is -2.38. The van der Waals surface area contributed by atoms with Gasteiger partial charge in [-0.25, -0.2) is 29.9 Å². The van der Waals surface area contributed by atoms with E-state index in [0.29, 0.717) is 67.5 Å². The number of aliphatic hydroxyl groups is 2. The molecule has 2 saturated heterocycles. The highest BCUT2D eigenvalue weighted by Gasteiger charge is 2.51. The molecule has 68 heavy (non-hydrogen) atoms. The molecule has 0 radical (unpaired) electrons. The van der Waals surface area contributed by atoms with Gasteiger partial charge in [0.1, 0.15) is 21.4 Å². The van der Waals surface area contributed by atoms with Crippen molar-refractivity contribution >= 4 is 58.0 Å². The van der Waals surface area contributed by atoms with Gasteiger partial charge in [-0.1, -0.05) is 0 Å². The Balaban J connectivity index is 1.11. The number of rotatable bonds is 11. The first-order chi connectivity index (χ1) is 32.7. The number of likely N-dealkylation sites (N-methyl/N-ethyl adjacent to an activating group) is 2. The van der Waals surface area contributed by atoms with Gasteiger partial charge >= 0.3 is 0 Å². The Labute approximate surface area is 395 Å². The molecule has 2 aliphatic heterocycles. The summed E-state index contributed by atoms with van der Waals surface area (Å²) in [7, 11) is 6.73. The summed E-state index contributed by atoms with van der Waals surface area (Å²) in [6.07, 6.45) is 6.65. The van der Waals surface area contributed by atoms with Crippen molar-refractivity contribution in [3.8, 4) is 67.2 Å². The minimum absolute atomic E-state index is 0.0158. The van der Waals surface area contributed by atoms with E-state index in [9.17, 15) is 30.3 Å². The monoisotopic (exact) mass is 942 g/mol. The molecule has 8 aromatic rings. The van der Waals surface area contributed by atoms with Crippen LogP contribution in [0.4, 0.5) is 23.5 Å². The van der Waals surface area contributed by atoms with Crippen LogP contribution < -0.4 is 10.6 Å². The Bertz CT molecular complexity index is 3200. The van der Waals surface area contributed by atoms with E-state index in [1.807, 2.05) is 0 Å². The third-order valence-corrected chi connectivity index (χ3v) is 13.7. The zero-order valence-electron chi connectivity index (χ0n) is 36.7. The molecule has 2 atom stereocenters. The fraction of sp³-hybridized carbons (Fsp3) is 0.217. The van der Waals surface area contributed by atoms with E-state index in [2.05, 4.69) is 52.9 Å². The molecular formula is C46H38N16O4S2. The van der Waals surface area contributed by atoms with Crippen molar-refractivity contribution in [2.75, 3.05) is 37.8 Å². The molecule has 20 nitrogen and oxygen atoms in total. The van der Waals surface area contributed by atoms with Gasteiger partial charge in [0.05, 0.1) is 34.7 Å². The van der Waals surface area contributed by atoms with Crippen molar-refractivity contribution in [2.24, 2.45) is 14.1 Å². The highest BCUT2D eigenvalue weighted by atomic mass is 32.1. The standard InChI is InChI=1S/C46H38N16O4S2/c1-59-15-9-45(65,41(59)63)29-19-25(33-23-67-39(51-33)31-5-11-49-43(53-31)55-35-7-13-61(3)57-35)17-27(21-47)37(29)38-28(22-48)18-26(20-30(38)46(66)10-16-60(2)42(46)64)34-24-68-40(52-34)32-6-12-50-44(54-32)56-36-8-14-62(4)58-36/h5-8,11-14,17-20,23-24,65-66H,9-10,15-16H2,1-4H3,(H,49,53,55,57)(H,50,54,56,58). The van der Waals surface area contributed by atoms with Crippen LogP contribution in [-0.4, -0.2) is 108 Å². The second kappa shape index (κ2) is 16.9. The number of likely N-dealkylation sites (tertiary alicyclic amines) is 2. The van der Waals surface area contributed by atoms with E-state index in [-0.39, 0.29) is 59.3 Å². The Morgan fingerprint density at radius 1 is 0.618 bits per heavy atom. The predicted molar refractivity (Wildman–Crippen MR) is 251 cm³/mol. The maximum atomic E-state index is 14.1. The fourth-order valence-electron chi connectivity index (χ4n) is 8.47. The smallest absolute Gasteiger partial charge is 0.259 e. The van der Waals surface area contributed by atoms with Gasteiger partial charge in [-0.3, -0.25) is 19.0 Å². The largest absolute Gasteiger partial charge is 0.375 e. The molecule has 2 fully saturated rings. The normalized spacial score (nSPS) is 18.0. The predicted octanol–water partition coefficient (Wildman–Crippen LogP) is 5.31. The molecular weight excluding hydrogens is 905 g/mol. The molecule has 10 rings (SSSR count). The van der Waals surface area contributed by atoms with Crippen molar-refractivity contribution in [3.63, 3.8) is 0 Å². The van der Waals surface area contributed by atoms with E-state index in [1.165, 1.54) is 32.5 Å². The van der Waals surface area contributed by atoms with E-state index >= 15 is 0 Å². The SMILES string of the molecule is CN1CCC(O)(c2cc(-c3csc(-c4ccnc(Nc5ccn(C)n5)n4)n3)cc(C#N)c2-c2c(C#N)cc(-c3csc(-c4ccnc(Nc5ccn(C)n5)n4)n3)cc2C2(O)CCN(C)C2=O)C1=O. The van der Waals surface area contributed by atoms with Crippen molar-refractivity contribution in [1.29, 1.82) is 10.5 Å². The molecule has 338 valence electrons. The minimum Gasteiger partial charge on any atom is -0.375 e. The number of thiazole rings is 2. The lowest BCUT2D eigenvalue weighted by molar-refractivity contribution is -0.143. The highest BCUT2D eigenvalue weighted by molar-refractivity contribution is 7.13. The van der Waals surface area contributed by atoms with Crippen LogP contribution in [-0.2, 0) is 34.9 Å². The van der Waals surface area contributed by atoms with Crippen molar-refractivity contribution in [3.05, 3.63) is 106 Å². The van der Waals surface area contributed by atoms with Gasteiger partial charge in [0.2, 0.25) is 11.9 Å². The number of hydrogen-bond acceptors (Lipinski definition) is 18. The molecule has 2 amide bonds. The molecule has 6 aromatic heterocycles. The summed E-state index contributed by atoms with van der Waals surface area (Å²) in [5, 5.41) is 66.7. The highest BCUT2D eigenvalue weighted by Crippen LogP contribution is 2.49. The third kappa shape index (κ3) is 7.66. The second-order valence-electron chi connectivity index (χ2n) is 16.4. The Morgan fingerprint density at radius 3 is 1.40 bits per heavy atom. The number of carbonyl (C=O) groups is 2. The third-order valence-electron chi connectivity index (χ3n) is 11.9. The summed E-state index contributed by atoms with van der Waals surface area (Å²) in [4.78, 5) is 58.6. The molecule has 0 spiro atoms. The van der Waals surface area contributed by atoms with Crippen LogP contribution in [0.5, 0.6) is 0 Å². The number of aromatic nitrogens is 10. The number of aryl methyl sites for hydroxylation is 2. The minimum atomic E-state index is -2.18. The maximum Gasteiger partial charge on any atom is 0.259 e. The summed E-state index contributed by atoms with van der Waals surface area (Å²) in [5.74, 6) is 0.461. The zero-order valence-corrected chi connectivity index (χ0v) is 38.3. The van der Waals surface area contributed by atoms with Crippen LogP contribution in [0.15, 0.2) is 84.1 Å². The average Bonchev–Trinajstić information content (AvgIpc) is 4.24. The van der Waals surface area contributed by atoms with Crippen molar-refractivity contribution in [2.45, 2.75) is 24.0 Å². The zero-order chi connectivity index (χ0) is 47.5. The number of carbonyl (C=O) groups excluding carboxylic acids is 2. The number of anilines is 4. The summed E-state index contributed by atoms with van der Waals surface area (Å²) >= 11 is 2.58. The Kier molecular flexibility index (Phi) is 10.8. The fourth-order valence-corrected chi connectivity index (χ4v) is 10.1. The van der Waals surface area contributed by atoms with Gasteiger partial charge in [-0.15, -0.1) is 22.7 Å². The number of benzene rings is 2. The number of nitriles is 2. The molecule has 8 heterocycles. The Morgan fingerprint density at radius 2 is 1.04 bits per heavy atom. The van der Waals surface area contributed by atoms with Gasteiger partial charge in [-0.2, -0.15) is 20.7 Å².